The summed E-state index contributed by atoms with van der Waals surface area (Å²) in [6, 6.07) is 8.97. The van der Waals surface area contributed by atoms with Crippen LogP contribution >= 0.6 is 0 Å². The van der Waals surface area contributed by atoms with Gasteiger partial charge >= 0.3 is 0 Å². The van der Waals surface area contributed by atoms with Crippen molar-refractivity contribution in [3.63, 3.8) is 0 Å². The van der Waals surface area contributed by atoms with Crippen LogP contribution in [-0.2, 0) is 10.0 Å². The molecule has 0 saturated carbocycles. The minimum Gasteiger partial charge on any atom is -0.359 e. The molecule has 4 nitrogen and oxygen atoms in total. The molecular weight excluding hydrogens is 310 g/mol. The third-order valence-corrected chi connectivity index (χ3v) is 4.51. The Kier molecular flexibility index (Phi) is 3.37. The molecule has 0 unspecified atom stereocenters. The molecule has 0 saturated heterocycles. The summed E-state index contributed by atoms with van der Waals surface area (Å²) in [5, 5.41) is 0.836. The van der Waals surface area contributed by atoms with Crippen LogP contribution in [0.1, 0.15) is 5.69 Å². The molecule has 3 rings (SSSR count). The van der Waals surface area contributed by atoms with E-state index in [0.717, 1.165) is 28.7 Å². The molecular formula is C15H12F2N2O2S. The second kappa shape index (κ2) is 5.10. The summed E-state index contributed by atoms with van der Waals surface area (Å²) in [5.41, 5.74) is 2.13. The molecule has 0 radical (unpaired) electrons. The lowest BCUT2D eigenvalue weighted by atomic mass is 10.2. The van der Waals surface area contributed by atoms with Crippen LogP contribution in [0.25, 0.3) is 10.9 Å². The number of sulfonamides is 1. The first-order chi connectivity index (χ1) is 10.3. The molecule has 3 aromatic rings. The van der Waals surface area contributed by atoms with Gasteiger partial charge in [0.05, 0.1) is 4.90 Å². The van der Waals surface area contributed by atoms with Crippen LogP contribution in [0.15, 0.2) is 47.4 Å². The Morgan fingerprint density at radius 1 is 1.00 bits per heavy atom. The summed E-state index contributed by atoms with van der Waals surface area (Å²) in [7, 11) is -4.06. The number of aromatic amines is 1. The van der Waals surface area contributed by atoms with Gasteiger partial charge in [0.1, 0.15) is 11.6 Å². The van der Waals surface area contributed by atoms with Crippen LogP contribution in [-0.4, -0.2) is 13.4 Å². The minimum absolute atomic E-state index is 0.316. The van der Waals surface area contributed by atoms with Crippen molar-refractivity contribution in [3.05, 3.63) is 59.8 Å². The van der Waals surface area contributed by atoms with Gasteiger partial charge in [-0.15, -0.1) is 0 Å². The number of aromatic nitrogens is 1. The number of benzene rings is 2. The Morgan fingerprint density at radius 3 is 2.36 bits per heavy atom. The van der Waals surface area contributed by atoms with Crippen molar-refractivity contribution in [2.24, 2.45) is 0 Å². The quantitative estimate of drug-likeness (QED) is 0.774. The van der Waals surface area contributed by atoms with Gasteiger partial charge in [0.2, 0.25) is 0 Å². The lowest BCUT2D eigenvalue weighted by molar-refractivity contribution is 0.568. The van der Waals surface area contributed by atoms with E-state index in [4.69, 9.17) is 0 Å². The second-order valence-electron chi connectivity index (χ2n) is 4.97. The first-order valence-electron chi connectivity index (χ1n) is 6.42. The van der Waals surface area contributed by atoms with Crippen LogP contribution in [0.5, 0.6) is 0 Å². The van der Waals surface area contributed by atoms with Crippen molar-refractivity contribution < 1.29 is 17.2 Å². The highest BCUT2D eigenvalue weighted by molar-refractivity contribution is 7.92. The maximum atomic E-state index is 13.2. The fourth-order valence-corrected chi connectivity index (χ4v) is 3.33. The molecule has 1 aromatic heterocycles. The number of hydrogen-bond donors (Lipinski definition) is 2. The van der Waals surface area contributed by atoms with Crippen LogP contribution in [0, 0.1) is 18.6 Å². The first-order valence-corrected chi connectivity index (χ1v) is 7.90. The second-order valence-corrected chi connectivity index (χ2v) is 6.65. The molecule has 22 heavy (non-hydrogen) atoms. The molecule has 0 aliphatic carbocycles. The average Bonchev–Trinajstić information content (AvgIpc) is 2.76. The zero-order valence-electron chi connectivity index (χ0n) is 11.5. The van der Waals surface area contributed by atoms with E-state index >= 15 is 0 Å². The van der Waals surface area contributed by atoms with Crippen molar-refractivity contribution in [2.75, 3.05) is 4.72 Å². The number of rotatable bonds is 3. The summed E-state index contributed by atoms with van der Waals surface area (Å²) >= 11 is 0. The summed E-state index contributed by atoms with van der Waals surface area (Å²) in [6.45, 7) is 1.89. The van der Waals surface area contributed by atoms with Crippen LogP contribution in [0.4, 0.5) is 14.5 Å². The van der Waals surface area contributed by atoms with E-state index in [1.807, 2.05) is 13.0 Å². The molecule has 0 fully saturated rings. The van der Waals surface area contributed by atoms with Gasteiger partial charge in [-0.2, -0.15) is 0 Å². The summed E-state index contributed by atoms with van der Waals surface area (Å²) in [4.78, 5) is 2.66. The maximum absolute atomic E-state index is 13.2. The Hall–Kier alpha value is -2.41. The summed E-state index contributed by atoms with van der Waals surface area (Å²) in [6.07, 6.45) is 0. The van der Waals surface area contributed by atoms with Gasteiger partial charge in [0, 0.05) is 28.4 Å². The molecule has 2 aromatic carbocycles. The number of aryl methyl sites for hydroxylation is 1. The first kappa shape index (κ1) is 14.5. The van der Waals surface area contributed by atoms with Gasteiger partial charge < -0.3 is 4.98 Å². The third-order valence-electron chi connectivity index (χ3n) is 3.15. The minimum atomic E-state index is -4.06. The lowest BCUT2D eigenvalue weighted by Crippen LogP contribution is -2.13. The number of nitrogens with one attached hydrogen (secondary N) is 2. The molecule has 0 spiro atoms. The molecule has 0 bridgehead atoms. The highest BCUT2D eigenvalue weighted by Crippen LogP contribution is 2.23. The van der Waals surface area contributed by atoms with Crippen molar-refractivity contribution in [1.82, 2.24) is 4.98 Å². The standard InChI is InChI=1S/C15H12F2N2O2S/c1-9-4-10-5-13(2-3-15(10)18-9)19-22(20,21)14-7-11(16)6-12(17)8-14/h2-8,18-19H,1H3. The van der Waals surface area contributed by atoms with Crippen molar-refractivity contribution in [1.29, 1.82) is 0 Å². The monoisotopic (exact) mass is 322 g/mol. The average molecular weight is 322 g/mol. The molecule has 1 heterocycles. The normalized spacial score (nSPS) is 11.8. The molecule has 0 aliphatic rings. The maximum Gasteiger partial charge on any atom is 0.262 e. The number of anilines is 1. The number of fused-ring (bicyclic) bond motifs is 1. The molecule has 2 N–H and O–H groups in total. The molecule has 0 atom stereocenters. The predicted molar refractivity (Wildman–Crippen MR) is 80.2 cm³/mol. The summed E-state index contributed by atoms with van der Waals surface area (Å²) in [5.74, 6) is -1.89. The Bertz CT molecular complexity index is 945. The van der Waals surface area contributed by atoms with E-state index in [2.05, 4.69) is 9.71 Å². The number of H-pyrrole nitrogens is 1. The largest absolute Gasteiger partial charge is 0.359 e. The van der Waals surface area contributed by atoms with Crippen molar-refractivity contribution in [3.8, 4) is 0 Å². The Labute approximate surface area is 125 Å². The number of hydrogen-bond acceptors (Lipinski definition) is 2. The predicted octanol–water partition coefficient (Wildman–Crippen LogP) is 3.56. The zero-order valence-corrected chi connectivity index (χ0v) is 12.3. The molecule has 114 valence electrons. The zero-order chi connectivity index (χ0) is 15.9. The number of halogens is 2. The SMILES string of the molecule is Cc1cc2cc(NS(=O)(=O)c3cc(F)cc(F)c3)ccc2[nH]1. The Morgan fingerprint density at radius 2 is 1.68 bits per heavy atom. The van der Waals surface area contributed by atoms with Crippen LogP contribution < -0.4 is 4.72 Å². The van der Waals surface area contributed by atoms with Gasteiger partial charge in [0.25, 0.3) is 10.0 Å². The summed E-state index contributed by atoms with van der Waals surface area (Å²) < 4.78 is 53.0. The fourth-order valence-electron chi connectivity index (χ4n) is 2.24. The van der Waals surface area contributed by atoms with E-state index in [1.54, 1.807) is 18.2 Å². The van der Waals surface area contributed by atoms with Crippen molar-refractivity contribution in [2.45, 2.75) is 11.8 Å². The third kappa shape index (κ3) is 2.80. The van der Waals surface area contributed by atoms with Crippen LogP contribution in [0.3, 0.4) is 0 Å². The topological polar surface area (TPSA) is 62.0 Å². The fraction of sp³-hybridized carbons (Fsp3) is 0.0667. The van der Waals surface area contributed by atoms with Gasteiger partial charge in [-0.1, -0.05) is 0 Å². The highest BCUT2D eigenvalue weighted by Gasteiger charge is 2.17. The van der Waals surface area contributed by atoms with Gasteiger partial charge in [-0.05, 0) is 43.3 Å². The van der Waals surface area contributed by atoms with E-state index in [9.17, 15) is 17.2 Å². The van der Waals surface area contributed by atoms with Gasteiger partial charge in [0.15, 0.2) is 0 Å². The molecule has 0 aliphatic heterocycles. The van der Waals surface area contributed by atoms with Gasteiger partial charge in [-0.3, -0.25) is 4.72 Å². The van der Waals surface area contributed by atoms with Crippen molar-refractivity contribution >= 4 is 26.6 Å². The van der Waals surface area contributed by atoms with E-state index < -0.39 is 26.6 Å². The van der Waals surface area contributed by atoms with E-state index in [1.165, 1.54) is 0 Å². The lowest BCUT2D eigenvalue weighted by Gasteiger charge is -2.08. The van der Waals surface area contributed by atoms with Crippen LogP contribution in [0.2, 0.25) is 0 Å². The highest BCUT2D eigenvalue weighted by atomic mass is 32.2. The smallest absolute Gasteiger partial charge is 0.262 e. The van der Waals surface area contributed by atoms with Gasteiger partial charge in [-0.25, -0.2) is 17.2 Å². The molecule has 0 amide bonds. The Balaban J connectivity index is 1.98. The molecule has 7 heteroatoms. The van der Waals surface area contributed by atoms with E-state index in [-0.39, 0.29) is 0 Å². The van der Waals surface area contributed by atoms with E-state index in [0.29, 0.717) is 11.8 Å².